The van der Waals surface area contributed by atoms with E-state index in [4.69, 9.17) is 0 Å². The van der Waals surface area contributed by atoms with Crippen LogP contribution in [0.25, 0.3) is 0 Å². The largest absolute Gasteiger partial charge is 1.00 e. The fourth-order valence-corrected chi connectivity index (χ4v) is 4.55. The minimum atomic E-state index is -4.20. The molecule has 0 aliphatic carbocycles. The first-order valence-electron chi connectivity index (χ1n) is 11.5. The van der Waals surface area contributed by atoms with Crippen molar-refractivity contribution in [2.75, 3.05) is 0 Å². The molecule has 6 heteroatoms. The van der Waals surface area contributed by atoms with Gasteiger partial charge in [0, 0.05) is 5.25 Å². The number of rotatable bonds is 20. The first kappa shape index (κ1) is 31.7. The molecule has 0 bridgehead atoms. The van der Waals surface area contributed by atoms with Crippen molar-refractivity contribution in [2.24, 2.45) is 0 Å². The van der Waals surface area contributed by atoms with Crippen LogP contribution in [-0.2, 0) is 10.1 Å². The van der Waals surface area contributed by atoms with Gasteiger partial charge in [-0.2, -0.15) is 0 Å². The summed E-state index contributed by atoms with van der Waals surface area (Å²) in [5, 5.41) is 9.32. The maximum absolute atomic E-state index is 11.4. The van der Waals surface area contributed by atoms with Gasteiger partial charge in [0.15, 0.2) is 0 Å². The van der Waals surface area contributed by atoms with E-state index in [1.165, 1.54) is 44.9 Å². The maximum Gasteiger partial charge on any atom is 1.00 e. The molecular formula is C22H45KO4S. The van der Waals surface area contributed by atoms with Gasteiger partial charge in [-0.15, -0.1) is 0 Å². The molecule has 0 rings (SSSR count). The van der Waals surface area contributed by atoms with E-state index in [0.717, 1.165) is 57.8 Å². The molecule has 0 heterocycles. The minimum absolute atomic E-state index is 0. The standard InChI is InChI=1S/C22H46O4S.K/c1-3-5-7-9-10-12-13-17-21(23)18-15-16-20-22(27(24,25)26)19-14-11-8-6-4-2;/h21-23H,3-20H2,1-2H3,(H,24,25,26);/q;+1/p-1. The van der Waals surface area contributed by atoms with Gasteiger partial charge in [-0.25, -0.2) is 8.42 Å². The van der Waals surface area contributed by atoms with Gasteiger partial charge in [-0.05, 0) is 25.7 Å². The van der Waals surface area contributed by atoms with E-state index >= 15 is 0 Å². The molecule has 0 fully saturated rings. The number of aliphatic hydroxyl groups excluding tert-OH is 1. The second kappa shape index (κ2) is 21.7. The number of hydrogen-bond acceptors (Lipinski definition) is 4. The second-order valence-electron chi connectivity index (χ2n) is 8.17. The predicted octanol–water partition coefficient (Wildman–Crippen LogP) is 3.33. The van der Waals surface area contributed by atoms with Gasteiger partial charge in [0.2, 0.25) is 0 Å². The molecule has 0 aliphatic heterocycles. The van der Waals surface area contributed by atoms with E-state index in [2.05, 4.69) is 13.8 Å². The average Bonchev–Trinajstić information content (AvgIpc) is 2.61. The Morgan fingerprint density at radius 1 is 0.643 bits per heavy atom. The van der Waals surface area contributed by atoms with Crippen LogP contribution in [0.15, 0.2) is 0 Å². The summed E-state index contributed by atoms with van der Waals surface area (Å²) < 4.78 is 34.3. The van der Waals surface area contributed by atoms with Crippen molar-refractivity contribution >= 4 is 10.1 Å². The molecule has 0 saturated carbocycles. The van der Waals surface area contributed by atoms with Gasteiger partial charge < -0.3 is 9.66 Å². The first-order valence-corrected chi connectivity index (χ1v) is 13.0. The summed E-state index contributed by atoms with van der Waals surface area (Å²) in [6.45, 7) is 4.37. The van der Waals surface area contributed by atoms with Crippen LogP contribution in [0.3, 0.4) is 0 Å². The van der Waals surface area contributed by atoms with Crippen LogP contribution < -0.4 is 51.4 Å². The van der Waals surface area contributed by atoms with Crippen molar-refractivity contribution in [3.63, 3.8) is 0 Å². The van der Waals surface area contributed by atoms with E-state index < -0.39 is 15.4 Å². The Kier molecular flexibility index (Phi) is 24.6. The summed E-state index contributed by atoms with van der Waals surface area (Å²) in [6.07, 6.45) is 17.8. The maximum atomic E-state index is 11.4. The zero-order chi connectivity index (χ0) is 20.4. The zero-order valence-corrected chi connectivity index (χ0v) is 22.9. The van der Waals surface area contributed by atoms with Crippen molar-refractivity contribution in [3.8, 4) is 0 Å². The topological polar surface area (TPSA) is 77.4 Å². The van der Waals surface area contributed by atoms with Crippen LogP contribution in [0.1, 0.15) is 129 Å². The minimum Gasteiger partial charge on any atom is -0.748 e. The van der Waals surface area contributed by atoms with Crippen LogP contribution in [0.2, 0.25) is 0 Å². The van der Waals surface area contributed by atoms with Crippen molar-refractivity contribution in [2.45, 2.75) is 141 Å². The summed E-state index contributed by atoms with van der Waals surface area (Å²) in [7, 11) is -4.20. The van der Waals surface area contributed by atoms with Crippen molar-refractivity contribution in [3.05, 3.63) is 0 Å². The fraction of sp³-hybridized carbons (Fsp3) is 1.00. The quantitative estimate of drug-likeness (QED) is 0.177. The SMILES string of the molecule is CCCCCCCCCC(O)CCCCC(CCCCCCC)S(=O)(=O)[O-].[K+]. The van der Waals surface area contributed by atoms with Crippen molar-refractivity contribution < 1.29 is 69.5 Å². The third-order valence-electron chi connectivity index (χ3n) is 5.49. The zero-order valence-electron chi connectivity index (χ0n) is 19.0. The monoisotopic (exact) mass is 444 g/mol. The third-order valence-corrected chi connectivity index (χ3v) is 6.78. The first-order chi connectivity index (χ1) is 12.9. The molecule has 4 nitrogen and oxygen atoms in total. The normalized spacial score (nSPS) is 13.9. The van der Waals surface area contributed by atoms with Crippen LogP contribution >= 0.6 is 0 Å². The Labute approximate surface area is 218 Å². The summed E-state index contributed by atoms with van der Waals surface area (Å²) in [6, 6.07) is 0. The summed E-state index contributed by atoms with van der Waals surface area (Å²) in [5.41, 5.74) is 0. The second-order valence-corrected chi connectivity index (χ2v) is 9.82. The van der Waals surface area contributed by atoms with Gasteiger partial charge in [0.1, 0.15) is 0 Å². The molecule has 0 radical (unpaired) electrons. The molecule has 2 unspecified atom stereocenters. The molecule has 0 saturated heterocycles. The van der Waals surface area contributed by atoms with Crippen LogP contribution in [0, 0.1) is 0 Å². The summed E-state index contributed by atoms with van der Waals surface area (Å²) in [5.74, 6) is 0. The molecule has 1 N–H and O–H groups in total. The van der Waals surface area contributed by atoms with E-state index in [-0.39, 0.29) is 57.5 Å². The van der Waals surface area contributed by atoms with Crippen molar-refractivity contribution in [1.82, 2.24) is 0 Å². The van der Waals surface area contributed by atoms with E-state index in [0.29, 0.717) is 12.8 Å². The summed E-state index contributed by atoms with van der Waals surface area (Å²) in [4.78, 5) is 0. The summed E-state index contributed by atoms with van der Waals surface area (Å²) >= 11 is 0. The molecule has 28 heavy (non-hydrogen) atoms. The van der Waals surface area contributed by atoms with Gasteiger partial charge in [-0.1, -0.05) is 104 Å². The molecule has 0 spiro atoms. The Balaban J connectivity index is 0. The van der Waals surface area contributed by atoms with Crippen molar-refractivity contribution in [1.29, 1.82) is 0 Å². The number of aliphatic hydroxyl groups is 1. The Bertz CT molecular complexity index is 415. The third kappa shape index (κ3) is 20.8. The Hall–Kier alpha value is 1.51. The Morgan fingerprint density at radius 2 is 0.964 bits per heavy atom. The van der Waals surface area contributed by atoms with E-state index in [9.17, 15) is 18.1 Å². The molecular weight excluding hydrogens is 399 g/mol. The van der Waals surface area contributed by atoms with Gasteiger partial charge in [-0.3, -0.25) is 0 Å². The molecule has 0 aromatic heterocycles. The number of hydrogen-bond donors (Lipinski definition) is 1. The fourth-order valence-electron chi connectivity index (χ4n) is 3.64. The smallest absolute Gasteiger partial charge is 0.748 e. The van der Waals surface area contributed by atoms with E-state index in [1.54, 1.807) is 0 Å². The molecule has 164 valence electrons. The van der Waals surface area contributed by atoms with Gasteiger partial charge >= 0.3 is 51.4 Å². The molecule has 2 atom stereocenters. The predicted molar refractivity (Wildman–Crippen MR) is 114 cm³/mol. The number of unbranched alkanes of at least 4 members (excludes halogenated alkanes) is 11. The van der Waals surface area contributed by atoms with E-state index in [1.807, 2.05) is 0 Å². The van der Waals surface area contributed by atoms with Crippen LogP contribution in [-0.4, -0.2) is 29.4 Å². The van der Waals surface area contributed by atoms with Gasteiger partial charge in [0.25, 0.3) is 0 Å². The molecule has 0 amide bonds. The molecule has 0 aromatic carbocycles. The Morgan fingerprint density at radius 3 is 1.39 bits per heavy atom. The molecule has 0 aromatic rings. The average molecular weight is 445 g/mol. The molecule has 0 aliphatic rings. The van der Waals surface area contributed by atoms with Crippen LogP contribution in [0.4, 0.5) is 0 Å². The van der Waals surface area contributed by atoms with Gasteiger partial charge in [0.05, 0.1) is 16.2 Å². The van der Waals surface area contributed by atoms with Crippen LogP contribution in [0.5, 0.6) is 0 Å².